The second-order valence-corrected chi connectivity index (χ2v) is 6.62. The number of hydrogen-bond acceptors (Lipinski definition) is 2. The van der Waals surface area contributed by atoms with Crippen molar-refractivity contribution >= 4 is 5.69 Å². The van der Waals surface area contributed by atoms with Crippen molar-refractivity contribution in [2.45, 2.75) is 46.1 Å². The van der Waals surface area contributed by atoms with Gasteiger partial charge >= 0.3 is 0 Å². The maximum Gasteiger partial charge on any atom is 0.146 e. The fraction of sp³-hybridized carbons (Fsp3) is 0.625. The topological polar surface area (TPSA) is 29.3 Å². The standard InChI is InChI=1S/C16H25FN2/c1-12(18)10-13-4-5-15(14(17)11-13)19-8-6-16(2,3)7-9-19/h4-5,11-12H,6-10,18H2,1-3H3. The van der Waals surface area contributed by atoms with Gasteiger partial charge in [-0.25, -0.2) is 4.39 Å². The second kappa shape index (κ2) is 5.49. The Labute approximate surface area is 115 Å². The third kappa shape index (κ3) is 3.69. The molecule has 1 unspecified atom stereocenters. The molecule has 1 atom stereocenters. The van der Waals surface area contributed by atoms with Gasteiger partial charge in [0, 0.05) is 19.1 Å². The Morgan fingerprint density at radius 3 is 2.47 bits per heavy atom. The molecule has 1 fully saturated rings. The van der Waals surface area contributed by atoms with E-state index in [4.69, 9.17) is 5.73 Å². The molecule has 19 heavy (non-hydrogen) atoms. The maximum atomic E-state index is 14.2. The Balaban J connectivity index is 2.09. The lowest BCUT2D eigenvalue weighted by atomic mass is 9.82. The van der Waals surface area contributed by atoms with Crippen molar-refractivity contribution in [2.24, 2.45) is 11.1 Å². The zero-order chi connectivity index (χ0) is 14.0. The minimum atomic E-state index is -0.113. The molecule has 2 nitrogen and oxygen atoms in total. The van der Waals surface area contributed by atoms with E-state index >= 15 is 0 Å². The molecule has 0 saturated carbocycles. The summed E-state index contributed by atoms with van der Waals surface area (Å²) in [6.07, 6.45) is 2.96. The molecule has 1 aliphatic rings. The number of rotatable bonds is 3. The summed E-state index contributed by atoms with van der Waals surface area (Å²) in [6.45, 7) is 8.39. The van der Waals surface area contributed by atoms with Crippen molar-refractivity contribution in [1.29, 1.82) is 0 Å². The first-order valence-corrected chi connectivity index (χ1v) is 7.16. The summed E-state index contributed by atoms with van der Waals surface area (Å²) in [7, 11) is 0. The molecule has 1 saturated heterocycles. The highest BCUT2D eigenvalue weighted by atomic mass is 19.1. The van der Waals surface area contributed by atoms with Crippen molar-refractivity contribution in [3.8, 4) is 0 Å². The molecule has 2 rings (SSSR count). The Bertz CT molecular complexity index is 430. The van der Waals surface area contributed by atoms with Crippen LogP contribution in [0, 0.1) is 11.2 Å². The van der Waals surface area contributed by atoms with E-state index in [0.717, 1.165) is 43.6 Å². The molecule has 0 spiro atoms. The molecule has 1 aromatic carbocycles. The molecule has 0 aromatic heterocycles. The van der Waals surface area contributed by atoms with Gasteiger partial charge in [0.05, 0.1) is 5.69 Å². The van der Waals surface area contributed by atoms with Gasteiger partial charge in [-0.3, -0.25) is 0 Å². The first-order valence-electron chi connectivity index (χ1n) is 7.16. The number of halogens is 1. The first-order chi connectivity index (χ1) is 8.87. The van der Waals surface area contributed by atoms with E-state index in [0.29, 0.717) is 5.41 Å². The fourth-order valence-corrected chi connectivity index (χ4v) is 2.66. The van der Waals surface area contributed by atoms with Gasteiger partial charge in [0.2, 0.25) is 0 Å². The number of benzene rings is 1. The average Bonchev–Trinajstić information content (AvgIpc) is 2.29. The second-order valence-electron chi connectivity index (χ2n) is 6.62. The van der Waals surface area contributed by atoms with Gasteiger partial charge in [0.15, 0.2) is 0 Å². The van der Waals surface area contributed by atoms with E-state index in [1.165, 1.54) is 0 Å². The highest BCUT2D eigenvalue weighted by Gasteiger charge is 2.26. The van der Waals surface area contributed by atoms with E-state index in [2.05, 4.69) is 18.7 Å². The van der Waals surface area contributed by atoms with Gasteiger partial charge in [0.25, 0.3) is 0 Å². The summed E-state index contributed by atoms with van der Waals surface area (Å²) in [5.74, 6) is -0.113. The molecule has 0 bridgehead atoms. The first kappa shape index (κ1) is 14.3. The van der Waals surface area contributed by atoms with E-state index in [-0.39, 0.29) is 11.9 Å². The molecular formula is C16H25FN2. The summed E-state index contributed by atoms with van der Waals surface area (Å²) in [6, 6.07) is 5.62. The van der Waals surface area contributed by atoms with Crippen molar-refractivity contribution in [2.75, 3.05) is 18.0 Å². The van der Waals surface area contributed by atoms with E-state index in [9.17, 15) is 4.39 Å². The van der Waals surface area contributed by atoms with Crippen LogP contribution in [-0.4, -0.2) is 19.1 Å². The number of piperidine rings is 1. The van der Waals surface area contributed by atoms with Gasteiger partial charge in [-0.15, -0.1) is 0 Å². The number of anilines is 1. The van der Waals surface area contributed by atoms with Crippen LogP contribution in [0.1, 0.15) is 39.2 Å². The van der Waals surface area contributed by atoms with E-state index in [1.54, 1.807) is 6.07 Å². The Hall–Kier alpha value is -1.09. The third-order valence-corrected chi connectivity index (χ3v) is 4.03. The van der Waals surface area contributed by atoms with Crippen molar-refractivity contribution in [1.82, 2.24) is 0 Å². The minimum Gasteiger partial charge on any atom is -0.369 e. The normalized spacial score (nSPS) is 20.4. The Kier molecular flexibility index (Phi) is 4.14. The molecule has 0 amide bonds. The van der Waals surface area contributed by atoms with Crippen LogP contribution in [0.5, 0.6) is 0 Å². The van der Waals surface area contributed by atoms with Crippen molar-refractivity contribution in [3.63, 3.8) is 0 Å². The summed E-state index contributed by atoms with van der Waals surface area (Å²) >= 11 is 0. The van der Waals surface area contributed by atoms with Gasteiger partial charge in [-0.1, -0.05) is 19.9 Å². The SMILES string of the molecule is CC(N)Cc1ccc(N2CCC(C)(C)CC2)c(F)c1. The zero-order valence-corrected chi connectivity index (χ0v) is 12.2. The largest absolute Gasteiger partial charge is 0.369 e. The summed E-state index contributed by atoms with van der Waals surface area (Å²) < 4.78 is 14.2. The molecule has 1 aromatic rings. The highest BCUT2D eigenvalue weighted by molar-refractivity contribution is 5.49. The fourth-order valence-electron chi connectivity index (χ4n) is 2.66. The lowest BCUT2D eigenvalue weighted by Gasteiger charge is -2.38. The Morgan fingerprint density at radius 2 is 1.95 bits per heavy atom. The molecule has 2 N–H and O–H groups in total. The number of nitrogens with zero attached hydrogens (tertiary/aromatic N) is 1. The molecule has 1 heterocycles. The van der Waals surface area contributed by atoms with E-state index < -0.39 is 0 Å². The smallest absolute Gasteiger partial charge is 0.146 e. The summed E-state index contributed by atoms with van der Waals surface area (Å²) in [5, 5.41) is 0. The van der Waals surface area contributed by atoms with Gasteiger partial charge in [0.1, 0.15) is 5.82 Å². The number of hydrogen-bond donors (Lipinski definition) is 1. The van der Waals surface area contributed by atoms with Crippen LogP contribution < -0.4 is 10.6 Å². The molecule has 106 valence electrons. The van der Waals surface area contributed by atoms with Crippen LogP contribution in [0.2, 0.25) is 0 Å². The van der Waals surface area contributed by atoms with Crippen LogP contribution in [0.4, 0.5) is 10.1 Å². The van der Waals surface area contributed by atoms with E-state index in [1.807, 2.05) is 19.1 Å². The molecule has 1 aliphatic heterocycles. The van der Waals surface area contributed by atoms with Gasteiger partial charge < -0.3 is 10.6 Å². The zero-order valence-electron chi connectivity index (χ0n) is 12.2. The van der Waals surface area contributed by atoms with Crippen LogP contribution in [0.3, 0.4) is 0 Å². The van der Waals surface area contributed by atoms with Crippen molar-refractivity contribution in [3.05, 3.63) is 29.6 Å². The highest BCUT2D eigenvalue weighted by Crippen LogP contribution is 2.33. The minimum absolute atomic E-state index is 0.0704. The van der Waals surface area contributed by atoms with Gasteiger partial charge in [-0.05, 0) is 49.3 Å². The average molecular weight is 264 g/mol. The summed E-state index contributed by atoms with van der Waals surface area (Å²) in [5.41, 5.74) is 7.86. The van der Waals surface area contributed by atoms with Crippen LogP contribution in [0.15, 0.2) is 18.2 Å². The van der Waals surface area contributed by atoms with Crippen molar-refractivity contribution < 1.29 is 4.39 Å². The monoisotopic (exact) mass is 264 g/mol. The van der Waals surface area contributed by atoms with Crippen LogP contribution in [-0.2, 0) is 6.42 Å². The predicted molar refractivity (Wildman–Crippen MR) is 79.0 cm³/mol. The van der Waals surface area contributed by atoms with Crippen LogP contribution in [0.25, 0.3) is 0 Å². The maximum absolute atomic E-state index is 14.2. The molecule has 0 aliphatic carbocycles. The molecule has 0 radical (unpaired) electrons. The summed E-state index contributed by atoms with van der Waals surface area (Å²) in [4.78, 5) is 2.16. The lowest BCUT2D eigenvalue weighted by Crippen LogP contribution is -2.37. The third-order valence-electron chi connectivity index (χ3n) is 4.03. The quantitative estimate of drug-likeness (QED) is 0.907. The molecular weight excluding hydrogens is 239 g/mol. The van der Waals surface area contributed by atoms with Gasteiger partial charge in [-0.2, -0.15) is 0 Å². The molecule has 3 heteroatoms. The lowest BCUT2D eigenvalue weighted by molar-refractivity contribution is 0.279. The number of nitrogens with two attached hydrogens (primary N) is 1. The Morgan fingerprint density at radius 1 is 1.32 bits per heavy atom. The predicted octanol–water partition coefficient (Wildman–Crippen LogP) is 3.34. The van der Waals surface area contributed by atoms with Crippen LogP contribution >= 0.6 is 0 Å².